The van der Waals surface area contributed by atoms with Crippen LogP contribution in [0.15, 0.2) is 10.4 Å². The predicted molar refractivity (Wildman–Crippen MR) is 69.8 cm³/mol. The van der Waals surface area contributed by atoms with Crippen LogP contribution in [0.4, 0.5) is 0 Å². The molecule has 2 fully saturated rings. The first kappa shape index (κ1) is 12.2. The van der Waals surface area contributed by atoms with E-state index in [-0.39, 0.29) is 6.17 Å². The van der Waals surface area contributed by atoms with Gasteiger partial charge < -0.3 is 4.90 Å². The molecule has 3 aliphatic rings. The number of piperidine rings is 1. The molecular weight excluding hydrogens is 228 g/mol. The average Bonchev–Trinajstić information content (AvgIpc) is 2.98. The zero-order valence-electron chi connectivity index (χ0n) is 11.4. The summed E-state index contributed by atoms with van der Waals surface area (Å²) in [7, 11) is 4.24. The molecule has 6 nitrogen and oxygen atoms in total. The van der Waals surface area contributed by atoms with E-state index in [2.05, 4.69) is 32.7 Å². The lowest BCUT2D eigenvalue weighted by molar-refractivity contribution is 0.0633. The van der Waals surface area contributed by atoms with Gasteiger partial charge in [-0.3, -0.25) is 15.3 Å². The van der Waals surface area contributed by atoms with Gasteiger partial charge in [0.1, 0.15) is 6.17 Å². The molecule has 6 heteroatoms. The Kier molecular flexibility index (Phi) is 3.39. The van der Waals surface area contributed by atoms with Crippen LogP contribution in [0.3, 0.4) is 0 Å². The number of rotatable bonds is 2. The lowest BCUT2D eigenvalue weighted by Gasteiger charge is -2.40. The molecule has 0 aromatic rings. The molecule has 2 unspecified atom stereocenters. The van der Waals surface area contributed by atoms with E-state index >= 15 is 0 Å². The molecule has 0 radical (unpaired) electrons. The number of likely N-dealkylation sites (tertiary alicyclic amines) is 2. The van der Waals surface area contributed by atoms with Crippen molar-refractivity contribution in [3.63, 3.8) is 0 Å². The average molecular weight is 252 g/mol. The van der Waals surface area contributed by atoms with E-state index in [0.717, 1.165) is 6.04 Å². The van der Waals surface area contributed by atoms with Gasteiger partial charge in [0.05, 0.1) is 6.04 Å². The smallest absolute Gasteiger partial charge is 0.150 e. The summed E-state index contributed by atoms with van der Waals surface area (Å²) in [4.78, 5) is 5.14. The molecule has 3 aliphatic heterocycles. The molecule has 0 aromatic heterocycles. The summed E-state index contributed by atoms with van der Waals surface area (Å²) in [6, 6.07) is 1.32. The fourth-order valence-electron chi connectivity index (χ4n) is 3.56. The van der Waals surface area contributed by atoms with Crippen molar-refractivity contribution in [2.75, 3.05) is 33.7 Å². The summed E-state index contributed by atoms with van der Waals surface area (Å²) in [5.74, 6) is 0. The third kappa shape index (κ3) is 2.19. The van der Waals surface area contributed by atoms with Crippen LogP contribution in [0.1, 0.15) is 25.7 Å². The minimum Gasteiger partial charge on any atom is -0.306 e. The number of nitrogens with zero attached hydrogens (tertiary/aromatic N) is 5. The van der Waals surface area contributed by atoms with Gasteiger partial charge in [0, 0.05) is 13.1 Å². The highest BCUT2D eigenvalue weighted by Crippen LogP contribution is 2.29. The Hall–Kier alpha value is -0.880. The largest absolute Gasteiger partial charge is 0.306 e. The van der Waals surface area contributed by atoms with Gasteiger partial charge in [0.15, 0.2) is 0 Å². The van der Waals surface area contributed by atoms with Gasteiger partial charge in [0.25, 0.3) is 0 Å². The second-order valence-corrected chi connectivity index (χ2v) is 5.82. The van der Waals surface area contributed by atoms with E-state index < -0.39 is 0 Å². The van der Waals surface area contributed by atoms with Gasteiger partial charge in [-0.25, -0.2) is 0 Å². The summed E-state index contributed by atoms with van der Waals surface area (Å²) < 4.78 is 0. The third-order valence-corrected chi connectivity index (χ3v) is 4.64. The fourth-order valence-corrected chi connectivity index (χ4v) is 3.56. The van der Waals surface area contributed by atoms with Crippen LogP contribution < -0.4 is 5.43 Å². The lowest BCUT2D eigenvalue weighted by atomic mass is 10.0. The van der Waals surface area contributed by atoms with Gasteiger partial charge in [-0.15, -0.1) is 0 Å². The highest BCUT2D eigenvalue weighted by Gasteiger charge is 2.39. The van der Waals surface area contributed by atoms with Crippen LogP contribution >= 0.6 is 0 Å². The van der Waals surface area contributed by atoms with E-state index in [1.165, 1.54) is 45.3 Å². The molecular formula is C12H24N6. The molecule has 0 aliphatic carbocycles. The molecule has 1 N–H and O–H groups in total. The Morgan fingerprint density at radius 2 is 1.83 bits per heavy atom. The van der Waals surface area contributed by atoms with E-state index in [0.29, 0.717) is 6.04 Å². The van der Waals surface area contributed by atoms with E-state index in [1.54, 1.807) is 0 Å². The van der Waals surface area contributed by atoms with Crippen LogP contribution in [0.25, 0.3) is 0 Å². The van der Waals surface area contributed by atoms with Crippen molar-refractivity contribution in [3.05, 3.63) is 0 Å². The first-order valence-electron chi connectivity index (χ1n) is 7.09. The van der Waals surface area contributed by atoms with E-state index in [9.17, 15) is 0 Å². The Balaban J connectivity index is 1.64. The second kappa shape index (κ2) is 5.01. The van der Waals surface area contributed by atoms with E-state index in [4.69, 9.17) is 0 Å². The number of nitrogens with one attached hydrogen (secondary N) is 1. The minimum absolute atomic E-state index is 0.271. The summed E-state index contributed by atoms with van der Waals surface area (Å²) >= 11 is 0. The number of hydrogen-bond acceptors (Lipinski definition) is 6. The van der Waals surface area contributed by atoms with Crippen molar-refractivity contribution in [3.8, 4) is 0 Å². The van der Waals surface area contributed by atoms with E-state index in [1.807, 2.05) is 12.1 Å². The van der Waals surface area contributed by atoms with Crippen LogP contribution in [-0.2, 0) is 0 Å². The highest BCUT2D eigenvalue weighted by molar-refractivity contribution is 4.93. The molecule has 0 spiro atoms. The van der Waals surface area contributed by atoms with Gasteiger partial charge in [0.2, 0.25) is 0 Å². The Bertz CT molecular complexity index is 312. The zero-order valence-corrected chi connectivity index (χ0v) is 11.4. The number of likely N-dealkylation sites (N-methyl/N-ethyl adjacent to an activating group) is 1. The van der Waals surface area contributed by atoms with Crippen molar-refractivity contribution >= 4 is 0 Å². The van der Waals surface area contributed by atoms with Crippen molar-refractivity contribution in [2.45, 2.75) is 43.9 Å². The topological polar surface area (TPSA) is 46.5 Å². The molecule has 2 saturated heterocycles. The predicted octanol–water partition coefficient (Wildman–Crippen LogP) is 0.688. The first-order valence-corrected chi connectivity index (χ1v) is 7.09. The number of hydrogen-bond donors (Lipinski definition) is 1. The molecule has 0 amide bonds. The molecule has 0 aromatic carbocycles. The molecule has 102 valence electrons. The van der Waals surface area contributed by atoms with Crippen LogP contribution in [-0.4, -0.2) is 66.8 Å². The minimum atomic E-state index is 0.271. The quantitative estimate of drug-likeness (QED) is 0.785. The molecule has 18 heavy (non-hydrogen) atoms. The van der Waals surface area contributed by atoms with Gasteiger partial charge in [-0.05, 0) is 52.4 Å². The highest BCUT2D eigenvalue weighted by atomic mass is 15.7. The monoisotopic (exact) mass is 252 g/mol. The molecule has 2 atom stereocenters. The normalized spacial score (nSPS) is 35.3. The van der Waals surface area contributed by atoms with Crippen molar-refractivity contribution in [1.82, 2.24) is 20.2 Å². The SMILES string of the molecule is CN1CCC(N2CCCC2C2NN=NN2C)CC1. The first-order chi connectivity index (χ1) is 8.75. The maximum atomic E-state index is 4.07. The van der Waals surface area contributed by atoms with Crippen LogP contribution in [0, 0.1) is 0 Å². The Morgan fingerprint density at radius 1 is 1.06 bits per heavy atom. The Labute approximate surface area is 109 Å². The van der Waals surface area contributed by atoms with Crippen LogP contribution in [0.2, 0.25) is 0 Å². The lowest BCUT2D eigenvalue weighted by Crippen LogP contribution is -2.54. The summed E-state index contributed by atoms with van der Waals surface area (Å²) in [5, 5.41) is 9.98. The molecule has 0 bridgehead atoms. The van der Waals surface area contributed by atoms with Crippen molar-refractivity contribution in [2.24, 2.45) is 10.4 Å². The van der Waals surface area contributed by atoms with Gasteiger partial charge in [-0.1, -0.05) is 10.4 Å². The van der Waals surface area contributed by atoms with Crippen molar-refractivity contribution < 1.29 is 0 Å². The summed E-state index contributed by atoms with van der Waals surface area (Å²) in [6.07, 6.45) is 5.45. The third-order valence-electron chi connectivity index (χ3n) is 4.64. The summed E-state index contributed by atoms with van der Waals surface area (Å²) in [6.45, 7) is 3.71. The Morgan fingerprint density at radius 3 is 2.50 bits per heavy atom. The maximum absolute atomic E-state index is 4.07. The van der Waals surface area contributed by atoms with Gasteiger partial charge in [-0.2, -0.15) is 0 Å². The maximum Gasteiger partial charge on any atom is 0.150 e. The second-order valence-electron chi connectivity index (χ2n) is 5.82. The fraction of sp³-hybridized carbons (Fsp3) is 1.00. The zero-order chi connectivity index (χ0) is 12.5. The van der Waals surface area contributed by atoms with Crippen LogP contribution in [0.5, 0.6) is 0 Å². The van der Waals surface area contributed by atoms with Gasteiger partial charge >= 0.3 is 0 Å². The van der Waals surface area contributed by atoms with Crippen molar-refractivity contribution in [1.29, 1.82) is 0 Å². The molecule has 0 saturated carbocycles. The standard InChI is InChI=1S/C12H24N6/c1-16-8-5-10(6-9-16)18-7-3-4-11(18)12-13-14-15-17(12)2/h10-12H,3-9H2,1-2H3,(H,13,15). The molecule has 3 rings (SSSR count). The molecule has 3 heterocycles. The summed E-state index contributed by atoms with van der Waals surface area (Å²) in [5.41, 5.74) is 3.16.